The minimum absolute atomic E-state index is 0.0418. The Bertz CT molecular complexity index is 479. The molecular formula is C9H7NO5. The summed E-state index contributed by atoms with van der Waals surface area (Å²) in [5, 5.41) is 39.1. The second-order valence-corrected chi connectivity index (χ2v) is 3.10. The van der Waals surface area contributed by atoms with E-state index in [2.05, 4.69) is 0 Å². The van der Waals surface area contributed by atoms with E-state index in [9.17, 15) is 20.2 Å². The molecule has 15 heavy (non-hydrogen) atoms. The number of aliphatic hydroxyl groups excluding tert-OH is 1. The maximum Gasteiger partial charge on any atom is 0.401 e. The second-order valence-electron chi connectivity index (χ2n) is 3.10. The molecule has 78 valence electrons. The standard InChI is InChI=1S/C9H7NO5/c11-5-3-1-2-4-6(5)8(12)7(9(13)14)10(4)15/h1-3,8,11-12H,(H,13,14). The predicted octanol–water partition coefficient (Wildman–Crippen LogP) is 0.107. The quantitative estimate of drug-likeness (QED) is 0.449. The van der Waals surface area contributed by atoms with Crippen molar-refractivity contribution < 1.29 is 24.9 Å². The highest BCUT2D eigenvalue weighted by Gasteiger charge is 2.42. The molecule has 1 aromatic carbocycles. The number of aliphatic hydroxyl groups is 1. The molecule has 1 atom stereocenters. The van der Waals surface area contributed by atoms with E-state index in [1.165, 1.54) is 18.2 Å². The third-order valence-electron chi connectivity index (χ3n) is 2.25. The van der Waals surface area contributed by atoms with Gasteiger partial charge in [0, 0.05) is 6.07 Å². The Labute approximate surface area is 83.9 Å². The normalized spacial score (nSPS) is 19.1. The number of benzene rings is 1. The summed E-state index contributed by atoms with van der Waals surface area (Å²) in [6, 6.07) is 4.01. The SMILES string of the molecule is O=C(O)C1=[N+]([O-])c2cccc(O)c2C1O. The first-order valence-electron chi connectivity index (χ1n) is 4.11. The highest BCUT2D eigenvalue weighted by atomic mass is 16.5. The fraction of sp³-hybridized carbons (Fsp3) is 0.111. The molecule has 1 aliphatic heterocycles. The lowest BCUT2D eigenvalue weighted by Crippen LogP contribution is -2.23. The molecular weight excluding hydrogens is 202 g/mol. The number of phenolic OH excluding ortho intramolecular Hbond substituents is 1. The summed E-state index contributed by atoms with van der Waals surface area (Å²) >= 11 is 0. The van der Waals surface area contributed by atoms with Crippen molar-refractivity contribution in [3.63, 3.8) is 0 Å². The van der Waals surface area contributed by atoms with Crippen LogP contribution in [0.2, 0.25) is 0 Å². The van der Waals surface area contributed by atoms with Crippen LogP contribution in [0.4, 0.5) is 5.69 Å². The molecule has 0 saturated carbocycles. The van der Waals surface area contributed by atoms with Crippen LogP contribution in [0, 0.1) is 5.21 Å². The molecule has 0 aliphatic carbocycles. The Morgan fingerprint density at radius 2 is 2.13 bits per heavy atom. The lowest BCUT2D eigenvalue weighted by atomic mass is 10.1. The van der Waals surface area contributed by atoms with Gasteiger partial charge in [-0.25, -0.2) is 4.79 Å². The maximum absolute atomic E-state index is 11.4. The van der Waals surface area contributed by atoms with Crippen LogP contribution in [0.3, 0.4) is 0 Å². The van der Waals surface area contributed by atoms with E-state index in [0.717, 1.165) is 0 Å². The first-order valence-corrected chi connectivity index (χ1v) is 4.11. The average Bonchev–Trinajstić information content (AvgIpc) is 2.40. The number of carbonyl (C=O) groups is 1. The second kappa shape index (κ2) is 2.96. The molecule has 6 heteroatoms. The monoisotopic (exact) mass is 209 g/mol. The number of hydrogen-bond donors (Lipinski definition) is 3. The number of carboxylic acids is 1. The van der Waals surface area contributed by atoms with E-state index in [-0.39, 0.29) is 21.7 Å². The summed E-state index contributed by atoms with van der Waals surface area (Å²) in [6.45, 7) is 0. The van der Waals surface area contributed by atoms with Crippen molar-refractivity contribution in [1.82, 2.24) is 0 Å². The summed E-state index contributed by atoms with van der Waals surface area (Å²) in [7, 11) is 0. The van der Waals surface area contributed by atoms with E-state index in [1.54, 1.807) is 0 Å². The van der Waals surface area contributed by atoms with E-state index >= 15 is 0 Å². The van der Waals surface area contributed by atoms with Crippen LogP contribution in [-0.4, -0.2) is 31.7 Å². The number of phenols is 1. The van der Waals surface area contributed by atoms with Gasteiger partial charge in [0.1, 0.15) is 11.3 Å². The highest BCUT2D eigenvalue weighted by Crippen LogP contribution is 2.38. The Morgan fingerprint density at radius 3 is 2.67 bits per heavy atom. The van der Waals surface area contributed by atoms with Crippen molar-refractivity contribution in [3.05, 3.63) is 29.0 Å². The number of aromatic hydroxyl groups is 1. The van der Waals surface area contributed by atoms with Gasteiger partial charge in [-0.1, -0.05) is 6.07 Å². The van der Waals surface area contributed by atoms with E-state index in [0.29, 0.717) is 0 Å². The van der Waals surface area contributed by atoms with Crippen LogP contribution >= 0.6 is 0 Å². The van der Waals surface area contributed by atoms with Gasteiger partial charge in [0.15, 0.2) is 6.10 Å². The number of rotatable bonds is 1. The van der Waals surface area contributed by atoms with Gasteiger partial charge in [-0.2, -0.15) is 4.74 Å². The zero-order chi connectivity index (χ0) is 11.2. The molecule has 0 aromatic heterocycles. The molecule has 0 fully saturated rings. The van der Waals surface area contributed by atoms with Crippen molar-refractivity contribution >= 4 is 17.4 Å². The molecule has 6 nitrogen and oxygen atoms in total. The van der Waals surface area contributed by atoms with E-state index in [4.69, 9.17) is 5.11 Å². The summed E-state index contributed by atoms with van der Waals surface area (Å²) in [5.41, 5.74) is -0.809. The largest absolute Gasteiger partial charge is 0.618 e. The predicted molar refractivity (Wildman–Crippen MR) is 49.0 cm³/mol. The number of nitrogens with zero attached hydrogens (tertiary/aromatic N) is 1. The van der Waals surface area contributed by atoms with Gasteiger partial charge in [0.25, 0.3) is 0 Å². The molecule has 0 saturated heterocycles. The zero-order valence-corrected chi connectivity index (χ0v) is 7.41. The molecule has 3 N–H and O–H groups in total. The first kappa shape index (κ1) is 9.47. The molecule has 1 heterocycles. The molecule has 0 bridgehead atoms. The Kier molecular flexibility index (Phi) is 1.87. The van der Waals surface area contributed by atoms with Crippen molar-refractivity contribution in [2.24, 2.45) is 0 Å². The van der Waals surface area contributed by atoms with Gasteiger partial charge in [-0.3, -0.25) is 0 Å². The molecule has 1 aliphatic rings. The van der Waals surface area contributed by atoms with Gasteiger partial charge >= 0.3 is 11.7 Å². The van der Waals surface area contributed by atoms with E-state index < -0.39 is 17.8 Å². The summed E-state index contributed by atoms with van der Waals surface area (Å²) in [5.74, 6) is -1.80. The van der Waals surface area contributed by atoms with Crippen molar-refractivity contribution in [3.8, 4) is 5.75 Å². The summed E-state index contributed by atoms with van der Waals surface area (Å²) in [4.78, 5) is 10.7. The molecule has 2 rings (SSSR count). The minimum atomic E-state index is -1.59. The fourth-order valence-electron chi connectivity index (χ4n) is 1.58. The third kappa shape index (κ3) is 1.15. The fourth-order valence-corrected chi connectivity index (χ4v) is 1.58. The maximum atomic E-state index is 11.4. The number of fused-ring (bicyclic) bond motifs is 1. The first-order chi connectivity index (χ1) is 7.04. The topological polar surface area (TPSA) is 104 Å². The van der Waals surface area contributed by atoms with Crippen LogP contribution in [0.25, 0.3) is 0 Å². The number of aliphatic carboxylic acids is 1. The minimum Gasteiger partial charge on any atom is -0.618 e. The lowest BCUT2D eigenvalue weighted by Gasteiger charge is -2.01. The Morgan fingerprint density at radius 1 is 1.47 bits per heavy atom. The van der Waals surface area contributed by atoms with Gasteiger partial charge in [-0.15, -0.1) is 0 Å². The average molecular weight is 209 g/mol. The number of carboxylic acid groups (broad SMARTS) is 1. The van der Waals surface area contributed by atoms with Gasteiger partial charge in [0.2, 0.25) is 5.69 Å². The van der Waals surface area contributed by atoms with Crippen LogP contribution < -0.4 is 0 Å². The lowest BCUT2D eigenvalue weighted by molar-refractivity contribution is -0.358. The van der Waals surface area contributed by atoms with Gasteiger partial charge < -0.3 is 20.5 Å². The van der Waals surface area contributed by atoms with Crippen LogP contribution in [0.15, 0.2) is 18.2 Å². The Balaban J connectivity index is 2.68. The summed E-state index contributed by atoms with van der Waals surface area (Å²) in [6.07, 6.45) is -1.59. The molecule has 1 aromatic rings. The van der Waals surface area contributed by atoms with Crippen LogP contribution in [-0.2, 0) is 4.79 Å². The van der Waals surface area contributed by atoms with Crippen LogP contribution in [0.5, 0.6) is 5.75 Å². The van der Waals surface area contributed by atoms with Crippen molar-refractivity contribution in [2.75, 3.05) is 0 Å². The smallest absolute Gasteiger partial charge is 0.401 e. The molecule has 0 radical (unpaired) electrons. The highest BCUT2D eigenvalue weighted by molar-refractivity contribution is 6.36. The summed E-state index contributed by atoms with van der Waals surface area (Å²) < 4.78 is 0.113. The molecule has 1 unspecified atom stereocenters. The van der Waals surface area contributed by atoms with Crippen molar-refractivity contribution in [1.29, 1.82) is 0 Å². The van der Waals surface area contributed by atoms with Gasteiger partial charge in [0.05, 0.1) is 0 Å². The van der Waals surface area contributed by atoms with Crippen LogP contribution in [0.1, 0.15) is 11.7 Å². The Hall–Kier alpha value is -2.08. The molecule has 0 amide bonds. The van der Waals surface area contributed by atoms with Crippen molar-refractivity contribution in [2.45, 2.75) is 6.10 Å². The molecule has 0 spiro atoms. The zero-order valence-electron chi connectivity index (χ0n) is 7.41. The van der Waals surface area contributed by atoms with Gasteiger partial charge in [-0.05, 0) is 6.07 Å². The van der Waals surface area contributed by atoms with E-state index in [1.807, 2.05) is 0 Å². The third-order valence-corrected chi connectivity index (χ3v) is 2.25. The number of hydrogen-bond acceptors (Lipinski definition) is 4.